The topological polar surface area (TPSA) is 55.1 Å². The highest BCUT2D eigenvalue weighted by Gasteiger charge is 2.43. The Labute approximate surface area is 125 Å². The molecule has 0 saturated heterocycles. The number of amides is 1. The van der Waals surface area contributed by atoms with Gasteiger partial charge >= 0.3 is 0 Å². The highest BCUT2D eigenvalue weighted by molar-refractivity contribution is 7.99. The van der Waals surface area contributed by atoms with Gasteiger partial charge in [-0.3, -0.25) is 4.79 Å². The molecule has 108 valence electrons. The fourth-order valence-electron chi connectivity index (χ4n) is 3.42. The van der Waals surface area contributed by atoms with Crippen LogP contribution in [-0.2, 0) is 4.79 Å². The summed E-state index contributed by atoms with van der Waals surface area (Å²) in [4.78, 5) is 13.1. The number of rotatable bonds is 4. The Morgan fingerprint density at radius 2 is 1.95 bits per heavy atom. The summed E-state index contributed by atoms with van der Waals surface area (Å²) in [7, 11) is 0. The van der Waals surface area contributed by atoms with Crippen LogP contribution in [0.3, 0.4) is 0 Å². The van der Waals surface area contributed by atoms with Gasteiger partial charge in [0.1, 0.15) is 0 Å². The summed E-state index contributed by atoms with van der Waals surface area (Å²) >= 11 is 7.07. The van der Waals surface area contributed by atoms with E-state index in [2.05, 4.69) is 11.6 Å². The summed E-state index contributed by atoms with van der Waals surface area (Å²) in [5.41, 5.74) is 5.34. The zero-order valence-electron chi connectivity index (χ0n) is 11.6. The first-order valence-corrected chi connectivity index (χ1v) is 8.93. The Kier molecular flexibility index (Phi) is 5.12. The first-order chi connectivity index (χ1) is 9.10. The van der Waals surface area contributed by atoms with Crippen LogP contribution < -0.4 is 11.1 Å². The number of nitrogens with two attached hydrogens (primary N) is 1. The molecule has 2 unspecified atom stereocenters. The van der Waals surface area contributed by atoms with E-state index in [1.54, 1.807) is 0 Å². The quantitative estimate of drug-likeness (QED) is 0.784. The van der Waals surface area contributed by atoms with Gasteiger partial charge in [0.2, 0.25) is 5.91 Å². The molecule has 2 atom stereocenters. The molecule has 0 spiro atoms. The molecule has 0 radical (unpaired) electrons. The third kappa shape index (κ3) is 3.07. The second-order valence-electron chi connectivity index (χ2n) is 5.79. The lowest BCUT2D eigenvalue weighted by atomic mass is 9.73. The molecule has 19 heavy (non-hydrogen) atoms. The highest BCUT2D eigenvalue weighted by Crippen LogP contribution is 2.38. The molecule has 0 aromatic heterocycles. The molecule has 0 bridgehead atoms. The lowest BCUT2D eigenvalue weighted by molar-refractivity contribution is -0.129. The van der Waals surface area contributed by atoms with E-state index in [0.29, 0.717) is 16.3 Å². The molecule has 5 heteroatoms. The van der Waals surface area contributed by atoms with Gasteiger partial charge in [-0.05, 0) is 31.9 Å². The molecule has 0 aromatic carbocycles. The Morgan fingerprint density at radius 3 is 2.53 bits per heavy atom. The van der Waals surface area contributed by atoms with Gasteiger partial charge in [0, 0.05) is 11.3 Å². The normalized spacial score (nSPS) is 29.9. The SMILES string of the molecule is CSC1CCCC1NC(=O)C1(C(N)=S)CCCCC1. The van der Waals surface area contributed by atoms with Crippen LogP contribution in [0.2, 0.25) is 0 Å². The van der Waals surface area contributed by atoms with Crippen molar-refractivity contribution in [3.8, 4) is 0 Å². The van der Waals surface area contributed by atoms with Crippen molar-refractivity contribution in [2.75, 3.05) is 6.26 Å². The predicted molar refractivity (Wildman–Crippen MR) is 85.4 cm³/mol. The number of thioether (sulfide) groups is 1. The molecular weight excluding hydrogens is 276 g/mol. The molecule has 3 nitrogen and oxygen atoms in total. The molecular formula is C14H24N2OS2. The van der Waals surface area contributed by atoms with Gasteiger partial charge in [-0.2, -0.15) is 11.8 Å². The number of carbonyl (C=O) groups is 1. The van der Waals surface area contributed by atoms with Crippen molar-refractivity contribution in [2.24, 2.45) is 11.1 Å². The van der Waals surface area contributed by atoms with Crippen LogP contribution in [0.4, 0.5) is 0 Å². The molecule has 2 aliphatic carbocycles. The van der Waals surface area contributed by atoms with Crippen molar-refractivity contribution >= 4 is 34.9 Å². The summed E-state index contributed by atoms with van der Waals surface area (Å²) in [6, 6.07) is 0.302. The van der Waals surface area contributed by atoms with Gasteiger partial charge in [0.05, 0.1) is 10.4 Å². The van der Waals surface area contributed by atoms with Crippen molar-refractivity contribution in [1.29, 1.82) is 0 Å². The molecule has 2 aliphatic rings. The maximum absolute atomic E-state index is 12.7. The van der Waals surface area contributed by atoms with Crippen molar-refractivity contribution in [3.05, 3.63) is 0 Å². The third-order valence-corrected chi connectivity index (χ3v) is 6.25. The molecule has 0 aliphatic heterocycles. The molecule has 1 amide bonds. The molecule has 2 rings (SSSR count). The van der Waals surface area contributed by atoms with E-state index in [0.717, 1.165) is 32.1 Å². The lowest BCUT2D eigenvalue weighted by Gasteiger charge is -2.36. The standard InChI is InChI=1S/C14H24N2OS2/c1-19-11-7-5-6-10(11)16-13(17)14(12(15)18)8-3-2-4-9-14/h10-11H,2-9H2,1H3,(H2,15,18)(H,16,17). The predicted octanol–water partition coefficient (Wildman–Crippen LogP) is 2.62. The molecule has 2 fully saturated rings. The number of nitrogens with one attached hydrogen (secondary N) is 1. The van der Waals surface area contributed by atoms with Crippen LogP contribution in [0, 0.1) is 5.41 Å². The number of hydrogen-bond donors (Lipinski definition) is 2. The number of hydrogen-bond acceptors (Lipinski definition) is 3. The zero-order valence-corrected chi connectivity index (χ0v) is 13.2. The van der Waals surface area contributed by atoms with Gasteiger partial charge in [0.25, 0.3) is 0 Å². The molecule has 0 aromatic rings. The molecule has 0 heterocycles. The van der Waals surface area contributed by atoms with Gasteiger partial charge in [-0.25, -0.2) is 0 Å². The Bertz CT molecular complexity index is 353. The highest BCUT2D eigenvalue weighted by atomic mass is 32.2. The third-order valence-electron chi connectivity index (χ3n) is 4.69. The van der Waals surface area contributed by atoms with Crippen LogP contribution in [0.1, 0.15) is 51.4 Å². The number of carbonyl (C=O) groups excluding carboxylic acids is 1. The maximum Gasteiger partial charge on any atom is 0.233 e. The summed E-state index contributed by atoms with van der Waals surface area (Å²) in [6.07, 6.45) is 10.6. The van der Waals surface area contributed by atoms with Crippen molar-refractivity contribution in [1.82, 2.24) is 5.32 Å². The van der Waals surface area contributed by atoms with Crippen molar-refractivity contribution in [3.63, 3.8) is 0 Å². The Hall–Kier alpha value is -0.290. The minimum atomic E-state index is -0.570. The first-order valence-electron chi connectivity index (χ1n) is 7.24. The van der Waals surface area contributed by atoms with Crippen LogP contribution in [0.15, 0.2) is 0 Å². The van der Waals surface area contributed by atoms with Gasteiger partial charge < -0.3 is 11.1 Å². The van der Waals surface area contributed by atoms with Gasteiger partial charge in [-0.1, -0.05) is 37.9 Å². The summed E-state index contributed by atoms with van der Waals surface area (Å²) in [5, 5.41) is 3.80. The second kappa shape index (κ2) is 6.44. The fraction of sp³-hybridized carbons (Fsp3) is 0.857. The summed E-state index contributed by atoms with van der Waals surface area (Å²) < 4.78 is 0. The second-order valence-corrected chi connectivity index (χ2v) is 7.31. The van der Waals surface area contributed by atoms with E-state index in [9.17, 15) is 4.79 Å². The van der Waals surface area contributed by atoms with E-state index in [-0.39, 0.29) is 5.91 Å². The van der Waals surface area contributed by atoms with E-state index in [1.165, 1.54) is 19.3 Å². The minimum Gasteiger partial charge on any atom is -0.392 e. The Morgan fingerprint density at radius 1 is 1.26 bits per heavy atom. The number of thiocarbonyl (C=S) groups is 1. The largest absolute Gasteiger partial charge is 0.392 e. The summed E-state index contributed by atoms with van der Waals surface area (Å²) in [6.45, 7) is 0. The fourth-order valence-corrected chi connectivity index (χ4v) is 4.65. The van der Waals surface area contributed by atoms with Crippen molar-refractivity contribution in [2.45, 2.75) is 62.7 Å². The maximum atomic E-state index is 12.7. The Balaban J connectivity index is 2.05. The zero-order chi connectivity index (χ0) is 13.9. The van der Waals surface area contributed by atoms with E-state index in [1.807, 2.05) is 11.8 Å². The smallest absolute Gasteiger partial charge is 0.233 e. The average Bonchev–Trinajstić information content (AvgIpc) is 2.86. The molecule has 2 saturated carbocycles. The van der Waals surface area contributed by atoms with Gasteiger partial charge in [-0.15, -0.1) is 0 Å². The van der Waals surface area contributed by atoms with Crippen LogP contribution >= 0.6 is 24.0 Å². The van der Waals surface area contributed by atoms with Crippen molar-refractivity contribution < 1.29 is 4.79 Å². The molecule has 3 N–H and O–H groups in total. The lowest BCUT2D eigenvalue weighted by Crippen LogP contribution is -2.53. The van der Waals surface area contributed by atoms with E-state index < -0.39 is 5.41 Å². The minimum absolute atomic E-state index is 0.0886. The van der Waals surface area contributed by atoms with Crippen LogP contribution in [0.25, 0.3) is 0 Å². The van der Waals surface area contributed by atoms with E-state index >= 15 is 0 Å². The van der Waals surface area contributed by atoms with Gasteiger partial charge in [0.15, 0.2) is 0 Å². The van der Waals surface area contributed by atoms with Crippen LogP contribution in [-0.4, -0.2) is 28.4 Å². The van der Waals surface area contributed by atoms with Crippen LogP contribution in [0.5, 0.6) is 0 Å². The monoisotopic (exact) mass is 300 g/mol. The first kappa shape index (κ1) is 15.1. The average molecular weight is 300 g/mol. The van der Waals surface area contributed by atoms with E-state index in [4.69, 9.17) is 18.0 Å². The summed E-state index contributed by atoms with van der Waals surface area (Å²) in [5.74, 6) is 0.0886.